The van der Waals surface area contributed by atoms with Crippen LogP contribution in [-0.4, -0.2) is 10.9 Å². The van der Waals surface area contributed by atoms with Crippen LogP contribution in [0.1, 0.15) is 15.9 Å². The maximum absolute atomic E-state index is 12.6. The molecule has 4 rings (SSSR count). The largest absolute Gasteiger partial charge is 0.507 e. The molecule has 0 atom stereocenters. The number of carbonyl (C=O) groups is 1. The van der Waals surface area contributed by atoms with E-state index in [1.54, 1.807) is 12.1 Å². The molecule has 90 valence electrons. The molecule has 19 heavy (non-hydrogen) atoms. The van der Waals surface area contributed by atoms with E-state index in [9.17, 15) is 9.90 Å². The fourth-order valence-electron chi connectivity index (χ4n) is 2.89. The summed E-state index contributed by atoms with van der Waals surface area (Å²) in [5.41, 5.74) is 2.91. The zero-order valence-corrected chi connectivity index (χ0v) is 10.1. The Morgan fingerprint density at radius 3 is 2.16 bits per heavy atom. The Hall–Kier alpha value is -2.61. The number of phenols is 1. The monoisotopic (exact) mass is 246 g/mol. The third-order valence-electron chi connectivity index (χ3n) is 3.71. The highest BCUT2D eigenvalue weighted by Crippen LogP contribution is 2.41. The van der Waals surface area contributed by atoms with Crippen LogP contribution in [0.15, 0.2) is 54.6 Å². The van der Waals surface area contributed by atoms with Crippen molar-refractivity contribution in [1.29, 1.82) is 0 Å². The van der Waals surface area contributed by atoms with Crippen LogP contribution in [0.5, 0.6) is 5.75 Å². The average molecular weight is 246 g/mol. The van der Waals surface area contributed by atoms with Gasteiger partial charge in [-0.1, -0.05) is 48.5 Å². The van der Waals surface area contributed by atoms with E-state index in [0.717, 1.165) is 21.9 Å². The molecule has 0 aromatic heterocycles. The van der Waals surface area contributed by atoms with Crippen molar-refractivity contribution in [3.63, 3.8) is 0 Å². The summed E-state index contributed by atoms with van der Waals surface area (Å²) in [6.45, 7) is 0. The number of benzene rings is 3. The lowest BCUT2D eigenvalue weighted by molar-refractivity contribution is 0.103. The van der Waals surface area contributed by atoms with Gasteiger partial charge in [0.15, 0.2) is 5.78 Å². The molecule has 1 aliphatic carbocycles. The molecule has 0 saturated heterocycles. The molecule has 1 N–H and O–H groups in total. The first-order chi connectivity index (χ1) is 9.27. The molecule has 0 heterocycles. The van der Waals surface area contributed by atoms with E-state index < -0.39 is 0 Å². The van der Waals surface area contributed by atoms with E-state index >= 15 is 0 Å². The van der Waals surface area contributed by atoms with Gasteiger partial charge in [-0.2, -0.15) is 0 Å². The molecule has 0 amide bonds. The first-order valence-electron chi connectivity index (χ1n) is 6.16. The van der Waals surface area contributed by atoms with E-state index in [-0.39, 0.29) is 11.5 Å². The predicted octanol–water partition coefficient (Wildman–Crippen LogP) is 3.76. The van der Waals surface area contributed by atoms with E-state index in [1.807, 2.05) is 42.5 Å². The van der Waals surface area contributed by atoms with Crippen molar-refractivity contribution in [3.05, 3.63) is 65.7 Å². The van der Waals surface area contributed by atoms with Crippen molar-refractivity contribution in [3.8, 4) is 16.9 Å². The molecule has 0 spiro atoms. The lowest BCUT2D eigenvalue weighted by Gasteiger charge is -2.20. The van der Waals surface area contributed by atoms with Gasteiger partial charge in [0.05, 0.1) is 5.56 Å². The first kappa shape index (κ1) is 10.3. The maximum Gasteiger partial charge on any atom is 0.198 e. The van der Waals surface area contributed by atoms with Crippen molar-refractivity contribution < 1.29 is 9.90 Å². The van der Waals surface area contributed by atoms with Gasteiger partial charge in [0.1, 0.15) is 5.75 Å². The quantitative estimate of drug-likeness (QED) is 0.513. The number of hydrogen-bond acceptors (Lipinski definition) is 2. The molecule has 0 radical (unpaired) electrons. The molecule has 0 bridgehead atoms. The topological polar surface area (TPSA) is 37.3 Å². The van der Waals surface area contributed by atoms with E-state index in [2.05, 4.69) is 0 Å². The third kappa shape index (κ3) is 1.23. The summed E-state index contributed by atoms with van der Waals surface area (Å²) in [7, 11) is 0. The second kappa shape index (κ2) is 3.45. The minimum absolute atomic E-state index is 0.0500. The predicted molar refractivity (Wildman–Crippen MR) is 74.5 cm³/mol. The van der Waals surface area contributed by atoms with Crippen molar-refractivity contribution in [2.75, 3.05) is 0 Å². The Bertz CT molecular complexity index is 842. The van der Waals surface area contributed by atoms with Crippen LogP contribution < -0.4 is 0 Å². The lowest BCUT2D eigenvalue weighted by Crippen LogP contribution is -2.09. The minimum Gasteiger partial charge on any atom is -0.507 e. The fraction of sp³-hybridized carbons (Fsp3) is 0. The van der Waals surface area contributed by atoms with Crippen LogP contribution in [0.25, 0.3) is 21.9 Å². The van der Waals surface area contributed by atoms with Gasteiger partial charge in [0.2, 0.25) is 0 Å². The molecule has 0 aliphatic heterocycles. The summed E-state index contributed by atoms with van der Waals surface area (Å²) in [5, 5.41) is 12.0. The average Bonchev–Trinajstić information content (AvgIpc) is 2.44. The number of fused-ring (bicyclic) bond motifs is 2. The maximum atomic E-state index is 12.6. The molecule has 1 aliphatic rings. The number of hydrogen-bond donors (Lipinski definition) is 1. The van der Waals surface area contributed by atoms with Gasteiger partial charge in [-0.15, -0.1) is 0 Å². The highest BCUT2D eigenvalue weighted by molar-refractivity contribution is 6.26. The fourth-order valence-corrected chi connectivity index (χ4v) is 2.89. The number of carbonyl (C=O) groups excluding carboxylic acids is 1. The molecule has 0 fully saturated rings. The standard InChI is InChI=1S/C17H10O2/c18-14-9-3-7-12-11-6-1-4-10-5-2-8-13(15(10)11)17(19)16(12)14/h1-9,18H. The molecule has 2 heteroatoms. The van der Waals surface area contributed by atoms with E-state index in [0.29, 0.717) is 11.1 Å². The Morgan fingerprint density at radius 2 is 1.37 bits per heavy atom. The Kier molecular flexibility index (Phi) is 1.88. The van der Waals surface area contributed by atoms with Crippen LogP contribution in [-0.2, 0) is 0 Å². The summed E-state index contributed by atoms with van der Waals surface area (Å²) >= 11 is 0. The van der Waals surface area contributed by atoms with Gasteiger partial charge in [-0.05, 0) is 22.6 Å². The number of phenolic OH excluding ortho intramolecular Hbond substituents is 1. The van der Waals surface area contributed by atoms with Crippen molar-refractivity contribution in [1.82, 2.24) is 0 Å². The van der Waals surface area contributed by atoms with E-state index in [1.165, 1.54) is 0 Å². The van der Waals surface area contributed by atoms with Gasteiger partial charge in [-0.3, -0.25) is 4.79 Å². The molecule has 0 unspecified atom stereocenters. The highest BCUT2D eigenvalue weighted by atomic mass is 16.3. The molecule has 0 saturated carbocycles. The normalized spacial score (nSPS) is 12.5. The third-order valence-corrected chi connectivity index (χ3v) is 3.71. The Labute approximate surface area is 109 Å². The SMILES string of the molecule is O=C1c2c(O)cccc2-c2cccc3cccc1c23. The summed E-state index contributed by atoms with van der Waals surface area (Å²) in [4.78, 5) is 12.6. The second-order valence-corrected chi connectivity index (χ2v) is 4.74. The van der Waals surface area contributed by atoms with Crippen molar-refractivity contribution >= 4 is 16.6 Å². The summed E-state index contributed by atoms with van der Waals surface area (Å²) in [5.74, 6) is -0.0496. The zero-order chi connectivity index (χ0) is 13.0. The molecule has 3 aromatic carbocycles. The van der Waals surface area contributed by atoms with Crippen LogP contribution in [0, 0.1) is 0 Å². The number of rotatable bonds is 0. The number of ketones is 1. The first-order valence-corrected chi connectivity index (χ1v) is 6.16. The van der Waals surface area contributed by atoms with Gasteiger partial charge in [0.25, 0.3) is 0 Å². The van der Waals surface area contributed by atoms with Gasteiger partial charge < -0.3 is 5.11 Å². The van der Waals surface area contributed by atoms with Crippen LogP contribution >= 0.6 is 0 Å². The van der Waals surface area contributed by atoms with Crippen LogP contribution in [0.2, 0.25) is 0 Å². The summed E-state index contributed by atoms with van der Waals surface area (Å²) in [6, 6.07) is 16.9. The lowest BCUT2D eigenvalue weighted by atomic mass is 9.82. The smallest absolute Gasteiger partial charge is 0.198 e. The Balaban J connectivity index is 2.28. The molecule has 2 nitrogen and oxygen atoms in total. The highest BCUT2D eigenvalue weighted by Gasteiger charge is 2.26. The molecular weight excluding hydrogens is 236 g/mol. The van der Waals surface area contributed by atoms with Gasteiger partial charge in [-0.25, -0.2) is 0 Å². The molecule has 3 aromatic rings. The molecular formula is C17H10O2. The Morgan fingerprint density at radius 1 is 0.737 bits per heavy atom. The van der Waals surface area contributed by atoms with Crippen LogP contribution in [0.4, 0.5) is 0 Å². The summed E-state index contributed by atoms with van der Waals surface area (Å²) < 4.78 is 0. The van der Waals surface area contributed by atoms with Crippen molar-refractivity contribution in [2.45, 2.75) is 0 Å². The van der Waals surface area contributed by atoms with Gasteiger partial charge >= 0.3 is 0 Å². The van der Waals surface area contributed by atoms with E-state index in [4.69, 9.17) is 0 Å². The second-order valence-electron chi connectivity index (χ2n) is 4.74. The minimum atomic E-state index is -0.0996. The summed E-state index contributed by atoms with van der Waals surface area (Å²) in [6.07, 6.45) is 0. The van der Waals surface area contributed by atoms with Crippen LogP contribution in [0.3, 0.4) is 0 Å². The zero-order valence-electron chi connectivity index (χ0n) is 10.1. The van der Waals surface area contributed by atoms with Gasteiger partial charge in [0, 0.05) is 10.9 Å². The van der Waals surface area contributed by atoms with Crippen molar-refractivity contribution in [2.24, 2.45) is 0 Å². The number of aromatic hydroxyl groups is 1.